The normalized spacial score (nSPS) is 9.31. The summed E-state index contributed by atoms with van der Waals surface area (Å²) in [4.78, 5) is 50.0. The Labute approximate surface area is 147 Å². The summed E-state index contributed by atoms with van der Waals surface area (Å²) in [6, 6.07) is 5.39. The monoisotopic (exact) mass is 361 g/mol. The molecule has 0 fully saturated rings. The zero-order chi connectivity index (χ0) is 19.7. The molecule has 0 unspecified atom stereocenters. The number of nitrogens with zero attached hydrogens (tertiary/aromatic N) is 2. The molecule has 0 aliphatic rings. The molecular weight excluding hydrogens is 346 g/mol. The Morgan fingerprint density at radius 3 is 1.54 bits per heavy atom. The highest BCUT2D eigenvalue weighted by molar-refractivity contribution is 5.93. The molecular formula is C16H15N3O7. The van der Waals surface area contributed by atoms with E-state index in [-0.39, 0.29) is 22.5 Å². The lowest BCUT2D eigenvalue weighted by Crippen LogP contribution is -2.13. The topological polar surface area (TPSA) is 159 Å². The standard InChI is InChI=1S/C8H8N2O3.C8H7NO4/c1-13-8(12)5-2-3-6(7(9)11)10-4-5;1-13-8(12)5-2-3-6(7(10)11)9-4-5/h2-4H,1H3,(H2,9,11);2-4H,1H3,(H,10,11). The Morgan fingerprint density at radius 1 is 0.846 bits per heavy atom. The molecule has 2 heterocycles. The molecule has 0 atom stereocenters. The maximum Gasteiger partial charge on any atom is 0.354 e. The van der Waals surface area contributed by atoms with E-state index < -0.39 is 23.8 Å². The molecule has 136 valence electrons. The van der Waals surface area contributed by atoms with E-state index in [4.69, 9.17) is 10.8 Å². The summed E-state index contributed by atoms with van der Waals surface area (Å²) in [5.41, 5.74) is 5.48. The lowest BCUT2D eigenvalue weighted by atomic mass is 10.2. The number of nitrogens with two attached hydrogens (primary N) is 1. The Bertz CT molecular complexity index is 732. The second kappa shape index (κ2) is 9.47. The number of pyridine rings is 2. The van der Waals surface area contributed by atoms with Gasteiger partial charge in [0.2, 0.25) is 0 Å². The molecule has 10 heteroatoms. The summed E-state index contributed by atoms with van der Waals surface area (Å²) in [5.74, 6) is -2.79. The van der Waals surface area contributed by atoms with Gasteiger partial charge in [0.15, 0.2) is 0 Å². The molecule has 0 aliphatic heterocycles. The van der Waals surface area contributed by atoms with E-state index in [1.54, 1.807) is 0 Å². The fraction of sp³-hybridized carbons (Fsp3) is 0.125. The average Bonchev–Trinajstić information content (AvgIpc) is 2.67. The van der Waals surface area contributed by atoms with Crippen LogP contribution in [0.5, 0.6) is 0 Å². The van der Waals surface area contributed by atoms with Crippen LogP contribution in [0.15, 0.2) is 36.7 Å². The second-order valence-electron chi connectivity index (χ2n) is 4.52. The van der Waals surface area contributed by atoms with Crippen molar-refractivity contribution in [3.05, 3.63) is 59.2 Å². The van der Waals surface area contributed by atoms with Gasteiger partial charge in [0.1, 0.15) is 11.4 Å². The first kappa shape index (κ1) is 20.2. The summed E-state index contributed by atoms with van der Waals surface area (Å²) in [6.07, 6.45) is 2.40. The number of carbonyl (C=O) groups is 4. The first-order chi connectivity index (χ1) is 12.3. The molecule has 0 aromatic carbocycles. The molecule has 2 aromatic heterocycles. The summed E-state index contributed by atoms with van der Waals surface area (Å²) in [5, 5.41) is 8.49. The smallest absolute Gasteiger partial charge is 0.354 e. The second-order valence-corrected chi connectivity index (χ2v) is 4.52. The predicted molar refractivity (Wildman–Crippen MR) is 86.6 cm³/mol. The highest BCUT2D eigenvalue weighted by atomic mass is 16.5. The number of amides is 1. The van der Waals surface area contributed by atoms with Crippen molar-refractivity contribution in [1.82, 2.24) is 9.97 Å². The van der Waals surface area contributed by atoms with Crippen LogP contribution in [0, 0.1) is 0 Å². The predicted octanol–water partition coefficient (Wildman–Crippen LogP) is 0.533. The summed E-state index contributed by atoms with van der Waals surface area (Å²) < 4.78 is 8.85. The van der Waals surface area contributed by atoms with Crippen LogP contribution in [-0.2, 0) is 9.47 Å². The Balaban J connectivity index is 0.000000260. The van der Waals surface area contributed by atoms with Crippen molar-refractivity contribution in [1.29, 1.82) is 0 Å². The third-order valence-electron chi connectivity index (χ3n) is 2.84. The van der Waals surface area contributed by atoms with Gasteiger partial charge in [0, 0.05) is 12.4 Å². The molecule has 0 saturated heterocycles. The van der Waals surface area contributed by atoms with Crippen molar-refractivity contribution >= 4 is 23.8 Å². The average molecular weight is 361 g/mol. The van der Waals surface area contributed by atoms with Crippen LogP contribution in [0.2, 0.25) is 0 Å². The molecule has 0 radical (unpaired) electrons. The number of aromatic nitrogens is 2. The van der Waals surface area contributed by atoms with Gasteiger partial charge in [0.25, 0.3) is 5.91 Å². The van der Waals surface area contributed by atoms with Crippen LogP contribution in [0.3, 0.4) is 0 Å². The fourth-order valence-corrected chi connectivity index (χ4v) is 1.54. The molecule has 3 N–H and O–H groups in total. The van der Waals surface area contributed by atoms with E-state index in [2.05, 4.69) is 19.4 Å². The molecule has 0 bridgehead atoms. The van der Waals surface area contributed by atoms with Crippen molar-refractivity contribution in [2.24, 2.45) is 5.73 Å². The van der Waals surface area contributed by atoms with E-state index >= 15 is 0 Å². The van der Waals surface area contributed by atoms with Gasteiger partial charge in [-0.3, -0.25) is 9.78 Å². The van der Waals surface area contributed by atoms with Gasteiger partial charge in [-0.2, -0.15) is 0 Å². The Hall–Kier alpha value is -3.82. The van der Waals surface area contributed by atoms with E-state index in [1.807, 2.05) is 0 Å². The molecule has 26 heavy (non-hydrogen) atoms. The van der Waals surface area contributed by atoms with Gasteiger partial charge in [-0.15, -0.1) is 0 Å². The molecule has 0 aliphatic carbocycles. The van der Waals surface area contributed by atoms with Crippen LogP contribution < -0.4 is 5.73 Å². The van der Waals surface area contributed by atoms with E-state index in [1.165, 1.54) is 44.7 Å². The number of ether oxygens (including phenoxy) is 2. The van der Waals surface area contributed by atoms with Gasteiger partial charge >= 0.3 is 17.9 Å². The number of methoxy groups -OCH3 is 2. The van der Waals surface area contributed by atoms with Crippen LogP contribution in [-0.4, -0.2) is 53.1 Å². The first-order valence-corrected chi connectivity index (χ1v) is 6.92. The molecule has 0 saturated carbocycles. The lowest BCUT2D eigenvalue weighted by Gasteiger charge is -1.98. The number of hydrogen-bond donors (Lipinski definition) is 2. The maximum absolute atomic E-state index is 10.9. The van der Waals surface area contributed by atoms with E-state index in [0.29, 0.717) is 0 Å². The SMILES string of the molecule is COC(=O)c1ccc(C(=O)O)nc1.COC(=O)c1ccc(C(N)=O)nc1. The third kappa shape index (κ3) is 5.67. The third-order valence-corrected chi connectivity index (χ3v) is 2.84. The molecule has 2 aromatic rings. The quantitative estimate of drug-likeness (QED) is 0.741. The van der Waals surface area contributed by atoms with Crippen LogP contribution in [0.1, 0.15) is 41.7 Å². The number of carbonyl (C=O) groups excluding carboxylic acids is 3. The van der Waals surface area contributed by atoms with Gasteiger partial charge in [-0.1, -0.05) is 0 Å². The van der Waals surface area contributed by atoms with Crippen LogP contribution in [0.4, 0.5) is 0 Å². The van der Waals surface area contributed by atoms with Crippen LogP contribution >= 0.6 is 0 Å². The summed E-state index contributed by atoms with van der Waals surface area (Å²) in [6.45, 7) is 0. The zero-order valence-corrected chi connectivity index (χ0v) is 13.8. The van der Waals surface area contributed by atoms with Gasteiger partial charge < -0.3 is 20.3 Å². The van der Waals surface area contributed by atoms with Crippen molar-refractivity contribution in [3.63, 3.8) is 0 Å². The van der Waals surface area contributed by atoms with Gasteiger partial charge in [-0.05, 0) is 24.3 Å². The van der Waals surface area contributed by atoms with Crippen molar-refractivity contribution in [2.45, 2.75) is 0 Å². The number of primary amides is 1. The van der Waals surface area contributed by atoms with Crippen molar-refractivity contribution in [3.8, 4) is 0 Å². The molecule has 1 amide bonds. The van der Waals surface area contributed by atoms with Gasteiger partial charge in [0.05, 0.1) is 25.3 Å². The number of carboxylic acids is 1. The Morgan fingerprint density at radius 2 is 1.27 bits per heavy atom. The minimum Gasteiger partial charge on any atom is -0.477 e. The molecule has 2 rings (SSSR count). The number of esters is 2. The number of carboxylic acid groups (broad SMARTS) is 1. The summed E-state index contributed by atoms with van der Waals surface area (Å²) in [7, 11) is 2.51. The lowest BCUT2D eigenvalue weighted by molar-refractivity contribution is 0.0591. The first-order valence-electron chi connectivity index (χ1n) is 6.92. The summed E-state index contributed by atoms with van der Waals surface area (Å²) >= 11 is 0. The van der Waals surface area contributed by atoms with E-state index in [0.717, 1.165) is 6.20 Å². The molecule has 0 spiro atoms. The van der Waals surface area contributed by atoms with Crippen LogP contribution in [0.25, 0.3) is 0 Å². The maximum atomic E-state index is 10.9. The van der Waals surface area contributed by atoms with Crippen molar-refractivity contribution < 1.29 is 33.8 Å². The molecule has 10 nitrogen and oxygen atoms in total. The minimum atomic E-state index is -1.13. The minimum absolute atomic E-state index is 0.104. The fourth-order valence-electron chi connectivity index (χ4n) is 1.54. The number of rotatable bonds is 4. The van der Waals surface area contributed by atoms with E-state index in [9.17, 15) is 19.2 Å². The van der Waals surface area contributed by atoms with Gasteiger partial charge in [-0.25, -0.2) is 19.4 Å². The van der Waals surface area contributed by atoms with Crippen molar-refractivity contribution in [2.75, 3.05) is 14.2 Å². The highest BCUT2D eigenvalue weighted by Crippen LogP contribution is 2.02. The largest absolute Gasteiger partial charge is 0.477 e. The Kier molecular flexibility index (Phi) is 7.37. The number of hydrogen-bond acceptors (Lipinski definition) is 8. The number of aromatic carboxylic acids is 1. The highest BCUT2D eigenvalue weighted by Gasteiger charge is 2.08. The zero-order valence-electron chi connectivity index (χ0n) is 13.8.